The van der Waals surface area contributed by atoms with Crippen molar-refractivity contribution in [1.82, 2.24) is 0 Å². The van der Waals surface area contributed by atoms with E-state index in [1.54, 1.807) is 25.1 Å². The van der Waals surface area contributed by atoms with Crippen LogP contribution in [0, 0.1) is 17.0 Å². The Bertz CT molecular complexity index is 787. The maximum atomic E-state index is 12.1. The van der Waals surface area contributed by atoms with Crippen molar-refractivity contribution >= 4 is 35.7 Å². The number of guanidine groups is 1. The Morgan fingerprint density at radius 1 is 1.17 bits per heavy atom. The molecule has 0 saturated heterocycles. The van der Waals surface area contributed by atoms with Gasteiger partial charge in [0.2, 0.25) is 0 Å². The van der Waals surface area contributed by atoms with Crippen molar-refractivity contribution in [2.24, 2.45) is 16.5 Å². The molecule has 0 heterocycles. The highest BCUT2D eigenvalue weighted by Crippen LogP contribution is 2.21. The minimum absolute atomic E-state index is 0. The molecule has 2 rings (SSSR count). The fourth-order valence-corrected chi connectivity index (χ4v) is 1.89. The topological polar surface area (TPSA) is 134 Å². The monoisotopic (exact) mass is 350 g/mol. The van der Waals surface area contributed by atoms with E-state index in [4.69, 9.17) is 16.2 Å². The number of nitrogens with two attached hydrogens (primary N) is 2. The van der Waals surface area contributed by atoms with Gasteiger partial charge < -0.3 is 16.2 Å². The van der Waals surface area contributed by atoms with Crippen molar-refractivity contribution in [2.75, 3.05) is 0 Å². The molecule has 2 aromatic rings. The van der Waals surface area contributed by atoms with Crippen LogP contribution >= 0.6 is 12.4 Å². The molecule has 0 atom stereocenters. The van der Waals surface area contributed by atoms with Crippen LogP contribution in [0.25, 0.3) is 0 Å². The second kappa shape index (κ2) is 7.93. The fourth-order valence-electron chi connectivity index (χ4n) is 1.89. The van der Waals surface area contributed by atoms with Crippen molar-refractivity contribution in [3.8, 4) is 5.75 Å². The number of nitrogens with zero attached hydrogens (tertiary/aromatic N) is 2. The number of aryl methyl sites for hydroxylation is 1. The number of hydrogen-bond acceptors (Lipinski definition) is 5. The zero-order valence-corrected chi connectivity index (χ0v) is 13.4. The van der Waals surface area contributed by atoms with Crippen molar-refractivity contribution in [3.05, 3.63) is 63.7 Å². The summed E-state index contributed by atoms with van der Waals surface area (Å²) < 4.78 is 5.19. The first kappa shape index (κ1) is 18.9. The number of nitro benzene ring substituents is 1. The van der Waals surface area contributed by atoms with E-state index in [0.717, 1.165) is 0 Å². The van der Waals surface area contributed by atoms with Gasteiger partial charge in [-0.05, 0) is 42.8 Å². The summed E-state index contributed by atoms with van der Waals surface area (Å²) in [7, 11) is 0. The number of carbonyl (C=O) groups excluding carboxylic acids is 1. The van der Waals surface area contributed by atoms with Gasteiger partial charge in [-0.25, -0.2) is 9.79 Å². The van der Waals surface area contributed by atoms with Crippen LogP contribution in [0.4, 0.5) is 11.4 Å². The van der Waals surface area contributed by atoms with Gasteiger partial charge in [0.1, 0.15) is 5.75 Å². The number of rotatable bonds is 4. The van der Waals surface area contributed by atoms with Crippen LogP contribution in [0.15, 0.2) is 47.5 Å². The van der Waals surface area contributed by atoms with Gasteiger partial charge in [0, 0.05) is 12.1 Å². The Morgan fingerprint density at radius 2 is 1.79 bits per heavy atom. The number of non-ortho nitro benzene ring substituents is 1. The highest BCUT2D eigenvalue weighted by molar-refractivity contribution is 5.93. The van der Waals surface area contributed by atoms with Crippen molar-refractivity contribution in [3.63, 3.8) is 0 Å². The molecule has 0 fully saturated rings. The third kappa shape index (κ3) is 4.68. The molecular formula is C15H15ClN4O4. The summed E-state index contributed by atoms with van der Waals surface area (Å²) in [4.78, 5) is 26.1. The van der Waals surface area contributed by atoms with Gasteiger partial charge >= 0.3 is 5.97 Å². The lowest BCUT2D eigenvalue weighted by Crippen LogP contribution is -2.21. The molecule has 0 spiro atoms. The number of carbonyl (C=O) groups is 1. The molecule has 0 aliphatic heterocycles. The van der Waals surface area contributed by atoms with E-state index in [9.17, 15) is 14.9 Å². The first-order valence-electron chi connectivity index (χ1n) is 6.54. The lowest BCUT2D eigenvalue weighted by Gasteiger charge is -2.07. The maximum Gasteiger partial charge on any atom is 0.343 e. The minimum atomic E-state index is -0.576. The van der Waals surface area contributed by atoms with Crippen LogP contribution < -0.4 is 16.2 Å². The first-order chi connectivity index (χ1) is 10.9. The molecule has 0 amide bonds. The van der Waals surface area contributed by atoms with Crippen LogP contribution in [-0.2, 0) is 0 Å². The molecule has 2 aromatic carbocycles. The van der Waals surface area contributed by atoms with E-state index in [1.807, 2.05) is 0 Å². The molecule has 126 valence electrons. The minimum Gasteiger partial charge on any atom is -0.423 e. The fraction of sp³-hybridized carbons (Fsp3) is 0.0667. The third-order valence-corrected chi connectivity index (χ3v) is 2.95. The normalized spacial score (nSPS) is 9.54. The zero-order valence-electron chi connectivity index (χ0n) is 12.6. The summed E-state index contributed by atoms with van der Waals surface area (Å²) in [6.07, 6.45) is 0. The molecule has 0 bridgehead atoms. The summed E-state index contributed by atoms with van der Waals surface area (Å²) >= 11 is 0. The number of hydrogen-bond donors (Lipinski definition) is 2. The Balaban J connectivity index is 0.00000288. The average Bonchev–Trinajstić information content (AvgIpc) is 2.47. The quantitative estimate of drug-likeness (QED) is 0.217. The van der Waals surface area contributed by atoms with Crippen LogP contribution in [0.1, 0.15) is 15.9 Å². The summed E-state index contributed by atoms with van der Waals surface area (Å²) in [5.41, 5.74) is 12.0. The van der Waals surface area contributed by atoms with Gasteiger partial charge in [0.05, 0.1) is 16.2 Å². The molecule has 4 N–H and O–H groups in total. The first-order valence-corrected chi connectivity index (χ1v) is 6.54. The molecule has 0 radical (unpaired) electrons. The van der Waals surface area contributed by atoms with E-state index in [-0.39, 0.29) is 29.8 Å². The Morgan fingerprint density at radius 3 is 2.29 bits per heavy atom. The summed E-state index contributed by atoms with van der Waals surface area (Å²) in [6, 6.07) is 10.0. The Kier molecular flexibility index (Phi) is 6.25. The summed E-state index contributed by atoms with van der Waals surface area (Å²) in [5, 5.41) is 10.6. The number of ether oxygens (including phenoxy) is 1. The standard InChI is InChI=1S/C15H14N4O4.ClH/c1-9-8-10(18-15(16)17)2-7-13(9)14(20)23-12-5-3-11(4-6-12)19(21)22;/h2-8H,1H3,(H4,16,17,18);1H. The molecule has 24 heavy (non-hydrogen) atoms. The van der Waals surface area contributed by atoms with Crippen LogP contribution in [0.5, 0.6) is 5.75 Å². The molecule has 0 saturated carbocycles. The van der Waals surface area contributed by atoms with E-state index >= 15 is 0 Å². The number of aliphatic imine (C=N–C) groups is 1. The molecule has 0 unspecified atom stereocenters. The van der Waals surface area contributed by atoms with E-state index in [1.165, 1.54) is 24.3 Å². The average molecular weight is 351 g/mol. The molecule has 0 aliphatic carbocycles. The number of esters is 1. The summed E-state index contributed by atoms with van der Waals surface area (Å²) in [6.45, 7) is 1.72. The van der Waals surface area contributed by atoms with E-state index in [0.29, 0.717) is 16.8 Å². The van der Waals surface area contributed by atoms with E-state index in [2.05, 4.69) is 4.99 Å². The van der Waals surface area contributed by atoms with Crippen LogP contribution in [-0.4, -0.2) is 16.9 Å². The number of halogens is 1. The summed E-state index contributed by atoms with van der Waals surface area (Å²) in [5.74, 6) is -0.438. The third-order valence-electron chi connectivity index (χ3n) is 2.95. The smallest absolute Gasteiger partial charge is 0.343 e. The maximum absolute atomic E-state index is 12.1. The lowest BCUT2D eigenvalue weighted by atomic mass is 10.1. The van der Waals surface area contributed by atoms with Gasteiger partial charge in [0.25, 0.3) is 5.69 Å². The number of benzene rings is 2. The second-order valence-corrected chi connectivity index (χ2v) is 4.68. The predicted octanol–water partition coefficient (Wildman–Crippen LogP) is 2.45. The molecule has 9 heteroatoms. The van der Waals surface area contributed by atoms with E-state index < -0.39 is 10.9 Å². The van der Waals surface area contributed by atoms with Gasteiger partial charge in [0.15, 0.2) is 5.96 Å². The van der Waals surface area contributed by atoms with Crippen molar-refractivity contribution in [1.29, 1.82) is 0 Å². The Labute approximate surface area is 143 Å². The van der Waals surface area contributed by atoms with Crippen molar-refractivity contribution in [2.45, 2.75) is 6.92 Å². The lowest BCUT2D eigenvalue weighted by molar-refractivity contribution is -0.384. The van der Waals surface area contributed by atoms with Crippen LogP contribution in [0.3, 0.4) is 0 Å². The van der Waals surface area contributed by atoms with Gasteiger partial charge in [-0.3, -0.25) is 10.1 Å². The zero-order chi connectivity index (χ0) is 17.0. The van der Waals surface area contributed by atoms with Gasteiger partial charge in [-0.1, -0.05) is 0 Å². The SMILES string of the molecule is Cc1cc(N=C(N)N)ccc1C(=O)Oc1ccc([N+](=O)[O-])cc1.Cl. The highest BCUT2D eigenvalue weighted by atomic mass is 35.5. The second-order valence-electron chi connectivity index (χ2n) is 4.68. The molecule has 0 aromatic heterocycles. The predicted molar refractivity (Wildman–Crippen MR) is 92.0 cm³/mol. The van der Waals surface area contributed by atoms with Crippen LogP contribution in [0.2, 0.25) is 0 Å². The molecule has 0 aliphatic rings. The number of nitro groups is 1. The molecule has 8 nitrogen and oxygen atoms in total. The largest absolute Gasteiger partial charge is 0.423 e. The van der Waals surface area contributed by atoms with Gasteiger partial charge in [-0.2, -0.15) is 0 Å². The van der Waals surface area contributed by atoms with Gasteiger partial charge in [-0.15, -0.1) is 12.4 Å². The Hall–Kier alpha value is -3.13. The highest BCUT2D eigenvalue weighted by Gasteiger charge is 2.13. The van der Waals surface area contributed by atoms with Crippen molar-refractivity contribution < 1.29 is 14.5 Å². The molecular weight excluding hydrogens is 336 g/mol.